The summed E-state index contributed by atoms with van der Waals surface area (Å²) in [7, 11) is 0. The predicted octanol–water partition coefficient (Wildman–Crippen LogP) is 2.45. The Labute approximate surface area is 111 Å². The molecule has 1 aliphatic rings. The summed E-state index contributed by atoms with van der Waals surface area (Å²) in [6, 6.07) is 9.94. The van der Waals surface area contributed by atoms with Gasteiger partial charge < -0.3 is 5.11 Å². The highest BCUT2D eigenvalue weighted by Crippen LogP contribution is 2.22. The molecule has 1 atom stereocenters. The van der Waals surface area contributed by atoms with Crippen LogP contribution in [-0.4, -0.2) is 34.2 Å². The van der Waals surface area contributed by atoms with E-state index >= 15 is 0 Å². The average molecular weight is 263 g/mol. The molecule has 0 bridgehead atoms. The highest BCUT2D eigenvalue weighted by atomic mass is 35.5. The van der Waals surface area contributed by atoms with Gasteiger partial charge in [-0.05, 0) is 30.2 Å². The van der Waals surface area contributed by atoms with Crippen molar-refractivity contribution in [3.8, 4) is 0 Å². The topological polar surface area (TPSA) is 36.4 Å². The van der Waals surface area contributed by atoms with Gasteiger partial charge in [-0.3, -0.25) is 4.90 Å². The molecule has 2 heterocycles. The maximum atomic E-state index is 9.56. The molecule has 3 rings (SSSR count). The lowest BCUT2D eigenvalue weighted by molar-refractivity contribution is 0.175. The second kappa shape index (κ2) is 4.84. The second-order valence-electron chi connectivity index (χ2n) is 4.80. The largest absolute Gasteiger partial charge is 0.392 e. The smallest absolute Gasteiger partial charge is 0.129 e. The van der Waals surface area contributed by atoms with Crippen molar-refractivity contribution in [2.45, 2.75) is 19.1 Å². The second-order valence-corrected chi connectivity index (χ2v) is 5.18. The number of aliphatic hydroxyl groups is 1. The number of hydrogen-bond donors (Lipinski definition) is 1. The number of aromatic nitrogens is 1. The highest BCUT2D eigenvalue weighted by molar-refractivity contribution is 6.29. The third kappa shape index (κ3) is 2.34. The number of rotatable bonds is 2. The van der Waals surface area contributed by atoms with Gasteiger partial charge in [0.05, 0.1) is 11.6 Å². The summed E-state index contributed by atoms with van der Waals surface area (Å²) in [5.74, 6) is 0. The summed E-state index contributed by atoms with van der Waals surface area (Å²) < 4.78 is 0. The van der Waals surface area contributed by atoms with E-state index in [-0.39, 0.29) is 6.10 Å². The van der Waals surface area contributed by atoms with E-state index in [0.717, 1.165) is 37.0 Å². The lowest BCUT2D eigenvalue weighted by atomic mass is 10.1. The van der Waals surface area contributed by atoms with Gasteiger partial charge in [0, 0.05) is 25.0 Å². The molecule has 0 spiro atoms. The number of pyridine rings is 1. The molecule has 1 aliphatic heterocycles. The number of halogens is 1. The number of fused-ring (bicyclic) bond motifs is 1. The van der Waals surface area contributed by atoms with Gasteiger partial charge in [0.15, 0.2) is 0 Å². The molecule has 0 amide bonds. The quantitative estimate of drug-likeness (QED) is 0.845. The minimum absolute atomic E-state index is 0.174. The standard InChI is InChI=1S/C14H15ClN2O/c15-14-5-4-12-10(2-1-3-13(12)16-14)8-17-7-6-11(18)9-17/h1-5,11,18H,6-9H2/t11-/m0/s1. The van der Waals surface area contributed by atoms with Gasteiger partial charge in [0.2, 0.25) is 0 Å². The molecule has 2 aromatic rings. The van der Waals surface area contributed by atoms with Crippen molar-refractivity contribution >= 4 is 22.5 Å². The Balaban J connectivity index is 1.92. The van der Waals surface area contributed by atoms with E-state index in [1.54, 1.807) is 0 Å². The zero-order valence-corrected chi connectivity index (χ0v) is 10.8. The summed E-state index contributed by atoms with van der Waals surface area (Å²) in [6.45, 7) is 2.58. The highest BCUT2D eigenvalue weighted by Gasteiger charge is 2.20. The Morgan fingerprint density at radius 2 is 2.22 bits per heavy atom. The lowest BCUT2D eigenvalue weighted by Crippen LogP contribution is -2.21. The van der Waals surface area contributed by atoms with Gasteiger partial charge >= 0.3 is 0 Å². The molecule has 1 aromatic carbocycles. The number of benzene rings is 1. The van der Waals surface area contributed by atoms with Crippen molar-refractivity contribution < 1.29 is 5.11 Å². The van der Waals surface area contributed by atoms with Gasteiger partial charge in [-0.25, -0.2) is 4.98 Å². The third-order valence-corrected chi connectivity index (χ3v) is 3.64. The van der Waals surface area contributed by atoms with Gasteiger partial charge in [0.1, 0.15) is 5.15 Å². The molecule has 18 heavy (non-hydrogen) atoms. The van der Waals surface area contributed by atoms with Crippen molar-refractivity contribution in [3.05, 3.63) is 41.0 Å². The first-order valence-corrected chi connectivity index (χ1v) is 6.55. The van der Waals surface area contributed by atoms with E-state index in [4.69, 9.17) is 11.6 Å². The van der Waals surface area contributed by atoms with Crippen LogP contribution in [-0.2, 0) is 6.54 Å². The molecule has 1 saturated heterocycles. The molecule has 0 saturated carbocycles. The minimum Gasteiger partial charge on any atom is -0.392 e. The van der Waals surface area contributed by atoms with Crippen LogP contribution in [0.25, 0.3) is 10.9 Å². The maximum Gasteiger partial charge on any atom is 0.129 e. The molecule has 94 valence electrons. The molecule has 4 heteroatoms. The SMILES string of the molecule is O[C@H]1CCN(Cc2cccc3nc(Cl)ccc23)C1. The summed E-state index contributed by atoms with van der Waals surface area (Å²) >= 11 is 5.91. The molecule has 1 aromatic heterocycles. The van der Waals surface area contributed by atoms with Crippen LogP contribution in [0.5, 0.6) is 0 Å². The van der Waals surface area contributed by atoms with Crippen molar-refractivity contribution in [1.82, 2.24) is 9.88 Å². The van der Waals surface area contributed by atoms with E-state index in [1.807, 2.05) is 24.3 Å². The Morgan fingerprint density at radius 3 is 3.00 bits per heavy atom. The number of aliphatic hydroxyl groups excluding tert-OH is 1. The van der Waals surface area contributed by atoms with Crippen molar-refractivity contribution in [2.24, 2.45) is 0 Å². The number of nitrogens with zero attached hydrogens (tertiary/aromatic N) is 2. The third-order valence-electron chi connectivity index (χ3n) is 3.43. The Morgan fingerprint density at radius 1 is 1.33 bits per heavy atom. The fourth-order valence-corrected chi connectivity index (χ4v) is 2.68. The normalized spacial score (nSPS) is 20.7. The molecule has 1 N–H and O–H groups in total. The van der Waals surface area contributed by atoms with Gasteiger partial charge in [-0.15, -0.1) is 0 Å². The van der Waals surface area contributed by atoms with Crippen LogP contribution < -0.4 is 0 Å². The van der Waals surface area contributed by atoms with Crippen LogP contribution in [0.15, 0.2) is 30.3 Å². The van der Waals surface area contributed by atoms with E-state index < -0.39 is 0 Å². The first kappa shape index (κ1) is 11.9. The Kier molecular flexibility index (Phi) is 3.20. The molecule has 0 radical (unpaired) electrons. The Bertz CT molecular complexity index is 573. The summed E-state index contributed by atoms with van der Waals surface area (Å²) in [5, 5.41) is 11.2. The minimum atomic E-state index is -0.174. The van der Waals surface area contributed by atoms with Crippen LogP contribution in [0, 0.1) is 0 Å². The van der Waals surface area contributed by atoms with Crippen LogP contribution >= 0.6 is 11.6 Å². The number of β-amino-alcohol motifs (C(OH)–C–C–N with tert-alkyl or cyclic N) is 1. The van der Waals surface area contributed by atoms with Gasteiger partial charge in [-0.1, -0.05) is 23.7 Å². The van der Waals surface area contributed by atoms with Crippen LogP contribution in [0.2, 0.25) is 5.15 Å². The maximum absolute atomic E-state index is 9.56. The molecule has 3 nitrogen and oxygen atoms in total. The zero-order valence-electron chi connectivity index (χ0n) is 10.0. The van der Waals surface area contributed by atoms with Crippen LogP contribution in [0.4, 0.5) is 0 Å². The summed E-state index contributed by atoms with van der Waals surface area (Å²) in [6.07, 6.45) is 0.696. The lowest BCUT2D eigenvalue weighted by Gasteiger charge is -2.16. The van der Waals surface area contributed by atoms with E-state index in [1.165, 1.54) is 5.56 Å². The number of likely N-dealkylation sites (tertiary alicyclic amines) is 1. The Hall–Kier alpha value is -1.16. The van der Waals surface area contributed by atoms with Crippen LogP contribution in [0.3, 0.4) is 0 Å². The summed E-state index contributed by atoms with van der Waals surface area (Å²) in [5.41, 5.74) is 2.17. The predicted molar refractivity (Wildman–Crippen MR) is 72.7 cm³/mol. The first-order valence-electron chi connectivity index (χ1n) is 6.17. The van der Waals surface area contributed by atoms with E-state index in [2.05, 4.69) is 16.0 Å². The summed E-state index contributed by atoms with van der Waals surface area (Å²) in [4.78, 5) is 6.60. The first-order chi connectivity index (χ1) is 8.72. The molecule has 1 fully saturated rings. The zero-order chi connectivity index (χ0) is 12.5. The molecular formula is C14H15ClN2O. The van der Waals surface area contributed by atoms with Crippen molar-refractivity contribution in [1.29, 1.82) is 0 Å². The van der Waals surface area contributed by atoms with Crippen LogP contribution in [0.1, 0.15) is 12.0 Å². The van der Waals surface area contributed by atoms with Gasteiger partial charge in [0.25, 0.3) is 0 Å². The van der Waals surface area contributed by atoms with E-state index in [0.29, 0.717) is 5.15 Å². The van der Waals surface area contributed by atoms with E-state index in [9.17, 15) is 5.11 Å². The van der Waals surface area contributed by atoms with Gasteiger partial charge in [-0.2, -0.15) is 0 Å². The monoisotopic (exact) mass is 262 g/mol. The molecule has 0 aliphatic carbocycles. The fourth-order valence-electron chi connectivity index (χ4n) is 2.53. The molecular weight excluding hydrogens is 248 g/mol. The van der Waals surface area contributed by atoms with Crippen molar-refractivity contribution in [2.75, 3.05) is 13.1 Å². The fraction of sp³-hybridized carbons (Fsp3) is 0.357. The number of hydrogen-bond acceptors (Lipinski definition) is 3. The molecule has 0 unspecified atom stereocenters. The average Bonchev–Trinajstić information content (AvgIpc) is 2.75. The van der Waals surface area contributed by atoms with Crippen molar-refractivity contribution in [3.63, 3.8) is 0 Å².